The normalized spacial score (nSPS) is 20.2. The predicted octanol–water partition coefficient (Wildman–Crippen LogP) is 0.833. The van der Waals surface area contributed by atoms with Crippen LogP contribution in [-0.2, 0) is 4.79 Å². The minimum Gasteiger partial charge on any atom is -0.354 e. The quantitative estimate of drug-likeness (QED) is 0.724. The van der Waals surface area contributed by atoms with Crippen molar-refractivity contribution >= 4 is 5.91 Å². The van der Waals surface area contributed by atoms with Crippen LogP contribution in [0.4, 0.5) is 0 Å². The SMILES string of the molecule is CCNCC(C)CN1CCC(NC(C)=O)CC1. The molecule has 0 spiro atoms. The van der Waals surface area contributed by atoms with Crippen LogP contribution in [0, 0.1) is 5.92 Å². The van der Waals surface area contributed by atoms with E-state index in [1.165, 1.54) is 6.54 Å². The molecule has 1 atom stereocenters. The van der Waals surface area contributed by atoms with Gasteiger partial charge in [0.25, 0.3) is 0 Å². The highest BCUT2D eigenvalue weighted by Crippen LogP contribution is 2.11. The minimum atomic E-state index is 0.101. The summed E-state index contributed by atoms with van der Waals surface area (Å²) in [7, 11) is 0. The van der Waals surface area contributed by atoms with Crippen LogP contribution in [0.3, 0.4) is 0 Å². The van der Waals surface area contributed by atoms with Crippen LogP contribution in [0.2, 0.25) is 0 Å². The zero-order chi connectivity index (χ0) is 12.7. The first-order valence-corrected chi connectivity index (χ1v) is 6.82. The van der Waals surface area contributed by atoms with Crippen LogP contribution in [0.1, 0.15) is 33.6 Å². The van der Waals surface area contributed by atoms with Crippen LogP contribution in [0.5, 0.6) is 0 Å². The van der Waals surface area contributed by atoms with Crippen molar-refractivity contribution in [1.29, 1.82) is 0 Å². The van der Waals surface area contributed by atoms with Crippen molar-refractivity contribution in [2.24, 2.45) is 5.92 Å². The van der Waals surface area contributed by atoms with E-state index >= 15 is 0 Å². The molecule has 1 aliphatic rings. The summed E-state index contributed by atoms with van der Waals surface area (Å²) in [6.07, 6.45) is 2.18. The molecule has 1 amide bonds. The molecule has 0 bridgehead atoms. The van der Waals surface area contributed by atoms with Crippen LogP contribution >= 0.6 is 0 Å². The summed E-state index contributed by atoms with van der Waals surface area (Å²) in [5.74, 6) is 0.802. The Balaban J connectivity index is 2.16. The number of rotatable bonds is 6. The third-order valence-corrected chi connectivity index (χ3v) is 3.31. The second-order valence-electron chi connectivity index (χ2n) is 5.19. The number of nitrogens with zero attached hydrogens (tertiary/aromatic N) is 1. The fourth-order valence-electron chi connectivity index (χ4n) is 2.44. The van der Waals surface area contributed by atoms with Gasteiger partial charge in [-0.05, 0) is 31.8 Å². The number of nitrogens with one attached hydrogen (secondary N) is 2. The van der Waals surface area contributed by atoms with Gasteiger partial charge in [-0.15, -0.1) is 0 Å². The van der Waals surface area contributed by atoms with Crippen molar-refractivity contribution in [3.63, 3.8) is 0 Å². The molecule has 0 aromatic carbocycles. The Bertz CT molecular complexity index is 225. The molecule has 0 aliphatic carbocycles. The molecule has 0 aromatic heterocycles. The first-order valence-electron chi connectivity index (χ1n) is 6.82. The Hall–Kier alpha value is -0.610. The average Bonchev–Trinajstić information content (AvgIpc) is 2.28. The van der Waals surface area contributed by atoms with Gasteiger partial charge in [-0.3, -0.25) is 4.79 Å². The number of hydrogen-bond donors (Lipinski definition) is 2. The second kappa shape index (κ2) is 7.67. The largest absolute Gasteiger partial charge is 0.354 e. The fourth-order valence-corrected chi connectivity index (χ4v) is 2.44. The predicted molar refractivity (Wildman–Crippen MR) is 71.0 cm³/mol. The van der Waals surface area contributed by atoms with E-state index in [-0.39, 0.29) is 5.91 Å². The Morgan fingerprint density at radius 1 is 1.41 bits per heavy atom. The van der Waals surface area contributed by atoms with Gasteiger partial charge in [0.05, 0.1) is 0 Å². The molecular weight excluding hydrogens is 214 g/mol. The lowest BCUT2D eigenvalue weighted by molar-refractivity contribution is -0.119. The van der Waals surface area contributed by atoms with Gasteiger partial charge in [0.1, 0.15) is 0 Å². The molecule has 2 N–H and O–H groups in total. The van der Waals surface area contributed by atoms with E-state index in [4.69, 9.17) is 0 Å². The van der Waals surface area contributed by atoms with Crippen LogP contribution < -0.4 is 10.6 Å². The molecular formula is C13H27N3O. The van der Waals surface area contributed by atoms with Crippen molar-refractivity contribution in [3.05, 3.63) is 0 Å². The molecule has 0 saturated carbocycles. The Morgan fingerprint density at radius 3 is 2.59 bits per heavy atom. The fraction of sp³-hybridized carbons (Fsp3) is 0.923. The van der Waals surface area contributed by atoms with E-state index in [0.717, 1.165) is 39.0 Å². The van der Waals surface area contributed by atoms with Crippen molar-refractivity contribution in [2.45, 2.75) is 39.7 Å². The number of carbonyl (C=O) groups excluding carboxylic acids is 1. The lowest BCUT2D eigenvalue weighted by atomic mass is 10.0. The highest BCUT2D eigenvalue weighted by atomic mass is 16.1. The molecule has 100 valence electrons. The van der Waals surface area contributed by atoms with Gasteiger partial charge in [-0.25, -0.2) is 0 Å². The van der Waals surface area contributed by atoms with Crippen LogP contribution in [0.15, 0.2) is 0 Å². The lowest BCUT2D eigenvalue weighted by Gasteiger charge is -2.33. The summed E-state index contributed by atoms with van der Waals surface area (Å²) in [6.45, 7) is 11.6. The topological polar surface area (TPSA) is 44.4 Å². The van der Waals surface area contributed by atoms with E-state index in [1.54, 1.807) is 6.92 Å². The summed E-state index contributed by atoms with van der Waals surface area (Å²) in [5, 5.41) is 6.40. The van der Waals surface area contributed by atoms with Crippen LogP contribution in [0.25, 0.3) is 0 Å². The minimum absolute atomic E-state index is 0.101. The summed E-state index contributed by atoms with van der Waals surface area (Å²) >= 11 is 0. The molecule has 1 fully saturated rings. The van der Waals surface area contributed by atoms with E-state index in [1.807, 2.05) is 0 Å². The van der Waals surface area contributed by atoms with E-state index in [9.17, 15) is 4.79 Å². The van der Waals surface area contributed by atoms with E-state index < -0.39 is 0 Å². The maximum absolute atomic E-state index is 11.0. The molecule has 1 aliphatic heterocycles. The molecule has 0 aromatic rings. The molecule has 0 radical (unpaired) electrons. The number of piperidine rings is 1. The summed E-state index contributed by atoms with van der Waals surface area (Å²) in [4.78, 5) is 13.5. The zero-order valence-corrected chi connectivity index (χ0v) is 11.5. The van der Waals surface area contributed by atoms with Gasteiger partial charge < -0.3 is 15.5 Å². The first-order chi connectivity index (χ1) is 8.11. The Labute approximate surface area is 105 Å². The Morgan fingerprint density at radius 2 is 2.06 bits per heavy atom. The van der Waals surface area contributed by atoms with Gasteiger partial charge in [0.2, 0.25) is 5.91 Å². The van der Waals surface area contributed by atoms with Crippen molar-refractivity contribution in [3.8, 4) is 0 Å². The number of amides is 1. The maximum Gasteiger partial charge on any atom is 0.217 e. The average molecular weight is 241 g/mol. The maximum atomic E-state index is 11.0. The van der Waals surface area contributed by atoms with Gasteiger partial charge in [-0.1, -0.05) is 13.8 Å². The summed E-state index contributed by atoms with van der Waals surface area (Å²) in [6, 6.07) is 0.396. The molecule has 17 heavy (non-hydrogen) atoms. The lowest BCUT2D eigenvalue weighted by Crippen LogP contribution is -2.45. The van der Waals surface area contributed by atoms with Crippen LogP contribution in [-0.4, -0.2) is 49.6 Å². The van der Waals surface area contributed by atoms with Gasteiger partial charge in [0.15, 0.2) is 0 Å². The molecule has 4 heteroatoms. The molecule has 1 saturated heterocycles. The standard InChI is InChI=1S/C13H27N3O/c1-4-14-9-11(2)10-16-7-5-13(6-8-16)15-12(3)17/h11,13-14H,4-10H2,1-3H3,(H,15,17). The Kier molecular flexibility index (Phi) is 6.52. The van der Waals surface area contributed by atoms with Gasteiger partial charge >= 0.3 is 0 Å². The molecule has 1 unspecified atom stereocenters. The van der Waals surface area contributed by atoms with Crippen molar-refractivity contribution in [2.75, 3.05) is 32.7 Å². The summed E-state index contributed by atoms with van der Waals surface area (Å²) < 4.78 is 0. The summed E-state index contributed by atoms with van der Waals surface area (Å²) in [5.41, 5.74) is 0. The molecule has 1 heterocycles. The first kappa shape index (κ1) is 14.5. The van der Waals surface area contributed by atoms with Gasteiger partial charge in [-0.2, -0.15) is 0 Å². The molecule has 4 nitrogen and oxygen atoms in total. The number of hydrogen-bond acceptors (Lipinski definition) is 3. The highest BCUT2D eigenvalue weighted by Gasteiger charge is 2.20. The smallest absolute Gasteiger partial charge is 0.217 e. The zero-order valence-electron chi connectivity index (χ0n) is 11.5. The number of likely N-dealkylation sites (tertiary alicyclic amines) is 1. The third-order valence-electron chi connectivity index (χ3n) is 3.31. The van der Waals surface area contributed by atoms with E-state index in [0.29, 0.717) is 12.0 Å². The second-order valence-corrected chi connectivity index (χ2v) is 5.19. The van der Waals surface area contributed by atoms with Crippen molar-refractivity contribution in [1.82, 2.24) is 15.5 Å². The van der Waals surface area contributed by atoms with E-state index in [2.05, 4.69) is 29.4 Å². The van der Waals surface area contributed by atoms with Gasteiger partial charge in [0, 0.05) is 32.6 Å². The molecule has 1 rings (SSSR count). The third kappa shape index (κ3) is 6.03. The number of carbonyl (C=O) groups is 1. The monoisotopic (exact) mass is 241 g/mol. The highest BCUT2D eigenvalue weighted by molar-refractivity contribution is 5.73. The van der Waals surface area contributed by atoms with Crippen molar-refractivity contribution < 1.29 is 4.79 Å².